The molecule has 0 bridgehead atoms. The number of ether oxygens (including phenoxy) is 1. The van der Waals surface area contributed by atoms with Gasteiger partial charge in [0.15, 0.2) is 23.3 Å². The molecule has 102 valence electrons. The van der Waals surface area contributed by atoms with E-state index in [4.69, 9.17) is 4.74 Å². The van der Waals surface area contributed by atoms with E-state index in [-0.39, 0.29) is 25.6 Å². The van der Waals surface area contributed by atoms with Crippen molar-refractivity contribution >= 4 is 12.4 Å². The second-order valence-corrected chi connectivity index (χ2v) is 3.57. The zero-order valence-corrected chi connectivity index (χ0v) is 9.72. The number of benzene rings is 1. The summed E-state index contributed by atoms with van der Waals surface area (Å²) in [5.41, 5.74) is -0.874. The lowest BCUT2D eigenvalue weighted by atomic mass is 10.0. The van der Waals surface area contributed by atoms with Crippen molar-refractivity contribution in [2.45, 2.75) is 6.04 Å². The molecule has 0 unspecified atom stereocenters. The molecule has 1 aromatic rings. The molecule has 1 atom stereocenters. The monoisotopic (exact) mass is 289 g/mol. The minimum atomic E-state index is -2.15. The molecule has 0 aromatic heterocycles. The van der Waals surface area contributed by atoms with E-state index in [0.29, 0.717) is 6.61 Å². The normalized spacial score (nSPS) is 19.5. The largest absolute Gasteiger partial charge is 0.378 e. The summed E-state index contributed by atoms with van der Waals surface area (Å²) >= 11 is 0. The first kappa shape index (κ1) is 15.1. The molecule has 18 heavy (non-hydrogen) atoms. The van der Waals surface area contributed by atoms with Crippen molar-refractivity contribution < 1.29 is 26.7 Å². The average molecular weight is 290 g/mol. The summed E-state index contributed by atoms with van der Waals surface area (Å²) in [5, 5.41) is 2.63. The fourth-order valence-corrected chi connectivity index (χ4v) is 1.68. The SMILES string of the molecule is Cl.Fc1c(F)c(F)c([C@@H]2COCCN2)c(F)c1F. The van der Waals surface area contributed by atoms with Crippen molar-refractivity contribution in [1.82, 2.24) is 5.32 Å². The molecule has 0 spiro atoms. The highest BCUT2D eigenvalue weighted by Crippen LogP contribution is 2.28. The lowest BCUT2D eigenvalue weighted by Crippen LogP contribution is -2.36. The molecule has 0 radical (unpaired) electrons. The van der Waals surface area contributed by atoms with Gasteiger partial charge in [0.1, 0.15) is 0 Å². The number of halogens is 6. The number of hydrogen-bond acceptors (Lipinski definition) is 2. The van der Waals surface area contributed by atoms with Crippen LogP contribution in [0.4, 0.5) is 22.0 Å². The maximum atomic E-state index is 13.4. The van der Waals surface area contributed by atoms with Crippen LogP contribution < -0.4 is 5.32 Å². The van der Waals surface area contributed by atoms with Crippen LogP contribution in [0.25, 0.3) is 0 Å². The Morgan fingerprint density at radius 1 is 0.889 bits per heavy atom. The first-order chi connectivity index (χ1) is 8.04. The van der Waals surface area contributed by atoms with Crippen LogP contribution in [0.2, 0.25) is 0 Å². The van der Waals surface area contributed by atoms with Gasteiger partial charge >= 0.3 is 0 Å². The van der Waals surface area contributed by atoms with Gasteiger partial charge in [0.2, 0.25) is 5.82 Å². The van der Waals surface area contributed by atoms with E-state index in [9.17, 15) is 22.0 Å². The van der Waals surface area contributed by atoms with Gasteiger partial charge in [-0.2, -0.15) is 0 Å². The predicted octanol–water partition coefficient (Wildman–Crippen LogP) is 2.46. The summed E-state index contributed by atoms with van der Waals surface area (Å²) < 4.78 is 70.3. The fraction of sp³-hybridized carbons (Fsp3) is 0.400. The highest BCUT2D eigenvalue weighted by atomic mass is 35.5. The van der Waals surface area contributed by atoms with E-state index >= 15 is 0 Å². The third-order valence-corrected chi connectivity index (χ3v) is 2.51. The molecular formula is C10H9ClF5NO. The van der Waals surface area contributed by atoms with Crippen molar-refractivity contribution in [3.8, 4) is 0 Å². The first-order valence-corrected chi connectivity index (χ1v) is 4.86. The Kier molecular flexibility index (Phi) is 4.89. The van der Waals surface area contributed by atoms with Crippen molar-refractivity contribution in [1.29, 1.82) is 0 Å². The maximum absolute atomic E-state index is 13.4. The first-order valence-electron chi connectivity index (χ1n) is 4.86. The van der Waals surface area contributed by atoms with Crippen LogP contribution in [0.15, 0.2) is 0 Å². The molecule has 2 nitrogen and oxygen atoms in total. The molecule has 1 heterocycles. The van der Waals surface area contributed by atoms with Crippen LogP contribution in [0.5, 0.6) is 0 Å². The average Bonchev–Trinajstić information content (AvgIpc) is 2.36. The molecule has 1 N–H and O–H groups in total. The van der Waals surface area contributed by atoms with Crippen LogP contribution in [-0.2, 0) is 4.74 Å². The summed E-state index contributed by atoms with van der Waals surface area (Å²) in [6, 6.07) is -1.03. The third kappa shape index (κ3) is 2.43. The Morgan fingerprint density at radius 2 is 1.39 bits per heavy atom. The van der Waals surface area contributed by atoms with Gasteiger partial charge in [0, 0.05) is 12.1 Å². The molecule has 0 amide bonds. The number of rotatable bonds is 1. The van der Waals surface area contributed by atoms with Crippen LogP contribution in [0.3, 0.4) is 0 Å². The Balaban J connectivity index is 0.00000162. The lowest BCUT2D eigenvalue weighted by Gasteiger charge is -2.25. The van der Waals surface area contributed by atoms with Gasteiger partial charge in [-0.05, 0) is 0 Å². The van der Waals surface area contributed by atoms with E-state index in [0.717, 1.165) is 0 Å². The highest BCUT2D eigenvalue weighted by molar-refractivity contribution is 5.85. The van der Waals surface area contributed by atoms with Gasteiger partial charge in [0.05, 0.1) is 19.3 Å². The van der Waals surface area contributed by atoms with Gasteiger partial charge in [-0.15, -0.1) is 12.4 Å². The molecule has 0 aliphatic carbocycles. The van der Waals surface area contributed by atoms with Gasteiger partial charge < -0.3 is 10.1 Å². The minimum absolute atomic E-state index is 0. The molecule has 2 rings (SSSR count). The minimum Gasteiger partial charge on any atom is -0.378 e. The second-order valence-electron chi connectivity index (χ2n) is 3.57. The summed E-state index contributed by atoms with van der Waals surface area (Å²) in [6.45, 7) is 0.467. The van der Waals surface area contributed by atoms with Gasteiger partial charge in [-0.25, -0.2) is 22.0 Å². The Labute approximate surface area is 106 Å². The third-order valence-electron chi connectivity index (χ3n) is 2.51. The van der Waals surface area contributed by atoms with Gasteiger partial charge in [0.25, 0.3) is 0 Å². The Hall–Kier alpha value is -0.920. The van der Waals surface area contributed by atoms with Crippen molar-refractivity contribution in [3.63, 3.8) is 0 Å². The molecule has 1 aliphatic heterocycles. The van der Waals surface area contributed by atoms with Gasteiger partial charge in [-0.3, -0.25) is 0 Å². The van der Waals surface area contributed by atoms with E-state index in [1.165, 1.54) is 0 Å². The van der Waals surface area contributed by atoms with Crippen LogP contribution >= 0.6 is 12.4 Å². The fourth-order valence-electron chi connectivity index (χ4n) is 1.68. The smallest absolute Gasteiger partial charge is 0.200 e. The quantitative estimate of drug-likeness (QED) is 0.487. The molecule has 0 saturated carbocycles. The van der Waals surface area contributed by atoms with Gasteiger partial charge in [-0.1, -0.05) is 0 Å². The van der Waals surface area contributed by atoms with Crippen molar-refractivity contribution in [2.75, 3.05) is 19.8 Å². The molecule has 1 aromatic carbocycles. The van der Waals surface area contributed by atoms with Crippen LogP contribution in [0, 0.1) is 29.1 Å². The molecule has 8 heteroatoms. The zero-order chi connectivity index (χ0) is 12.6. The van der Waals surface area contributed by atoms with E-state index < -0.39 is 40.7 Å². The summed E-state index contributed by atoms with van der Waals surface area (Å²) in [6.07, 6.45) is 0. The van der Waals surface area contributed by atoms with E-state index in [2.05, 4.69) is 5.32 Å². The Bertz CT molecular complexity index is 421. The summed E-state index contributed by atoms with van der Waals surface area (Å²) in [4.78, 5) is 0. The summed E-state index contributed by atoms with van der Waals surface area (Å²) in [7, 11) is 0. The predicted molar refractivity (Wildman–Crippen MR) is 55.0 cm³/mol. The lowest BCUT2D eigenvalue weighted by molar-refractivity contribution is 0.0738. The van der Waals surface area contributed by atoms with E-state index in [1.807, 2.05) is 0 Å². The zero-order valence-electron chi connectivity index (χ0n) is 8.90. The standard InChI is InChI=1S/C10H8F5NO.ClH/c11-6-5(4-3-17-2-1-16-4)7(12)9(14)10(15)8(6)13;/h4,16H,1-3H2;1H/t4-;/m0./s1. The molecular weight excluding hydrogens is 281 g/mol. The topological polar surface area (TPSA) is 21.3 Å². The highest BCUT2D eigenvalue weighted by Gasteiger charge is 2.31. The second kappa shape index (κ2) is 5.81. The number of hydrogen-bond donors (Lipinski definition) is 1. The molecule has 1 saturated heterocycles. The van der Waals surface area contributed by atoms with Crippen LogP contribution in [0.1, 0.15) is 11.6 Å². The van der Waals surface area contributed by atoms with Crippen molar-refractivity contribution in [2.24, 2.45) is 0 Å². The van der Waals surface area contributed by atoms with Crippen LogP contribution in [-0.4, -0.2) is 19.8 Å². The molecule has 1 fully saturated rings. The van der Waals surface area contributed by atoms with Crippen molar-refractivity contribution in [3.05, 3.63) is 34.6 Å². The maximum Gasteiger partial charge on any atom is 0.200 e. The Morgan fingerprint density at radius 3 is 1.83 bits per heavy atom. The summed E-state index contributed by atoms with van der Waals surface area (Å²) in [5.74, 6) is -9.66. The number of morpholine rings is 1. The number of nitrogens with one attached hydrogen (secondary N) is 1. The van der Waals surface area contributed by atoms with E-state index in [1.54, 1.807) is 0 Å². The molecule has 1 aliphatic rings.